The highest BCUT2D eigenvalue weighted by atomic mass is 35.5. The lowest BCUT2D eigenvalue weighted by atomic mass is 10.2. The zero-order chi connectivity index (χ0) is 12.3. The van der Waals surface area contributed by atoms with Crippen molar-refractivity contribution in [1.82, 2.24) is 9.97 Å². The van der Waals surface area contributed by atoms with Crippen molar-refractivity contribution >= 4 is 23.2 Å². The lowest BCUT2D eigenvalue weighted by molar-refractivity contribution is 0.456. The lowest BCUT2D eigenvalue weighted by Crippen LogP contribution is -1.93. The Labute approximate surface area is 109 Å². The van der Waals surface area contributed by atoms with E-state index in [-0.39, 0.29) is 0 Å². The van der Waals surface area contributed by atoms with Crippen molar-refractivity contribution in [2.24, 2.45) is 0 Å². The summed E-state index contributed by atoms with van der Waals surface area (Å²) in [7, 11) is 0. The summed E-state index contributed by atoms with van der Waals surface area (Å²) in [5, 5.41) is 0.621. The van der Waals surface area contributed by atoms with E-state index < -0.39 is 0 Å². The molecule has 1 aromatic heterocycles. The second kappa shape index (κ2) is 5.34. The molecular weight excluding hydrogens is 259 g/mol. The molecule has 1 heterocycles. The summed E-state index contributed by atoms with van der Waals surface area (Å²) in [4.78, 5) is 8.20. The van der Waals surface area contributed by atoms with Crippen molar-refractivity contribution in [3.8, 4) is 11.6 Å². The lowest BCUT2D eigenvalue weighted by Gasteiger charge is -2.07. The van der Waals surface area contributed by atoms with Crippen LogP contribution in [0, 0.1) is 6.92 Å². The fourth-order valence-corrected chi connectivity index (χ4v) is 1.56. The topological polar surface area (TPSA) is 35.0 Å². The molecule has 2 rings (SSSR count). The van der Waals surface area contributed by atoms with Gasteiger partial charge in [-0.05, 0) is 24.6 Å². The van der Waals surface area contributed by atoms with Crippen LogP contribution in [0.1, 0.15) is 11.3 Å². The Morgan fingerprint density at radius 2 is 2.06 bits per heavy atom. The van der Waals surface area contributed by atoms with Gasteiger partial charge in [0.25, 0.3) is 0 Å². The van der Waals surface area contributed by atoms with E-state index in [1.54, 1.807) is 12.3 Å². The van der Waals surface area contributed by atoms with Crippen LogP contribution in [0.25, 0.3) is 0 Å². The fraction of sp³-hybridized carbons (Fsp3) is 0.167. The Bertz CT molecular complexity index is 514. The highest BCUT2D eigenvalue weighted by Gasteiger charge is 2.04. The summed E-state index contributed by atoms with van der Waals surface area (Å²) >= 11 is 11.5. The molecule has 5 heteroatoms. The van der Waals surface area contributed by atoms with Gasteiger partial charge in [-0.3, -0.25) is 4.98 Å². The van der Waals surface area contributed by atoms with Gasteiger partial charge in [-0.15, -0.1) is 11.6 Å². The van der Waals surface area contributed by atoms with Crippen molar-refractivity contribution in [2.45, 2.75) is 12.8 Å². The first-order chi connectivity index (χ1) is 8.19. The molecule has 0 unspecified atom stereocenters. The Kier molecular flexibility index (Phi) is 3.82. The first-order valence-corrected chi connectivity index (χ1v) is 5.91. The monoisotopic (exact) mass is 268 g/mol. The second-order valence-corrected chi connectivity index (χ2v) is 4.20. The summed E-state index contributed by atoms with van der Waals surface area (Å²) < 4.78 is 5.59. The molecule has 0 saturated heterocycles. The number of halogens is 2. The molecule has 0 atom stereocenters. The van der Waals surface area contributed by atoms with Gasteiger partial charge in [-0.2, -0.15) is 0 Å². The van der Waals surface area contributed by atoms with Crippen LogP contribution in [0.3, 0.4) is 0 Å². The van der Waals surface area contributed by atoms with Crippen LogP contribution in [0.2, 0.25) is 5.02 Å². The summed E-state index contributed by atoms with van der Waals surface area (Å²) in [6, 6.07) is 5.44. The molecule has 0 amide bonds. The third-order valence-corrected chi connectivity index (χ3v) is 2.69. The summed E-state index contributed by atoms with van der Waals surface area (Å²) in [5.74, 6) is 1.43. The molecule has 88 valence electrons. The number of rotatable bonds is 3. The third kappa shape index (κ3) is 3.08. The zero-order valence-corrected chi connectivity index (χ0v) is 10.7. The standard InChI is InChI=1S/C12H10Cl2N2O/c1-8-2-3-9(14)4-11(8)17-12-7-15-10(5-13)6-16-12/h2-4,6-7H,5H2,1H3. The molecule has 17 heavy (non-hydrogen) atoms. The number of ether oxygens (including phenoxy) is 1. The molecule has 2 aromatic rings. The van der Waals surface area contributed by atoms with Gasteiger partial charge in [0.1, 0.15) is 5.75 Å². The molecule has 1 aromatic carbocycles. The first-order valence-electron chi connectivity index (χ1n) is 5.00. The zero-order valence-electron chi connectivity index (χ0n) is 9.15. The molecule has 0 spiro atoms. The minimum atomic E-state index is 0.337. The third-order valence-electron chi connectivity index (χ3n) is 2.18. The van der Waals surface area contributed by atoms with E-state index in [2.05, 4.69) is 9.97 Å². The van der Waals surface area contributed by atoms with E-state index in [1.807, 2.05) is 19.1 Å². The fourth-order valence-electron chi connectivity index (χ4n) is 1.26. The number of hydrogen-bond acceptors (Lipinski definition) is 3. The van der Waals surface area contributed by atoms with E-state index in [9.17, 15) is 0 Å². The quantitative estimate of drug-likeness (QED) is 0.791. The van der Waals surface area contributed by atoms with Crippen LogP contribution < -0.4 is 4.74 Å². The highest BCUT2D eigenvalue weighted by Crippen LogP contribution is 2.26. The molecule has 0 radical (unpaired) electrons. The Morgan fingerprint density at radius 1 is 1.24 bits per heavy atom. The van der Waals surface area contributed by atoms with E-state index in [4.69, 9.17) is 27.9 Å². The van der Waals surface area contributed by atoms with Crippen molar-refractivity contribution in [3.05, 3.63) is 46.9 Å². The SMILES string of the molecule is Cc1ccc(Cl)cc1Oc1cnc(CCl)cn1. The van der Waals surface area contributed by atoms with Gasteiger partial charge < -0.3 is 4.74 Å². The number of aryl methyl sites for hydroxylation is 1. The van der Waals surface area contributed by atoms with Gasteiger partial charge in [0, 0.05) is 5.02 Å². The molecule has 3 nitrogen and oxygen atoms in total. The molecule has 0 aliphatic carbocycles. The number of aromatic nitrogens is 2. The first kappa shape index (κ1) is 12.1. The van der Waals surface area contributed by atoms with Crippen LogP contribution in [0.4, 0.5) is 0 Å². The number of benzene rings is 1. The second-order valence-electron chi connectivity index (χ2n) is 3.49. The average Bonchev–Trinajstić information content (AvgIpc) is 2.35. The smallest absolute Gasteiger partial charge is 0.237 e. The van der Waals surface area contributed by atoms with Crippen LogP contribution in [0.15, 0.2) is 30.6 Å². The Balaban J connectivity index is 2.22. The highest BCUT2D eigenvalue weighted by molar-refractivity contribution is 6.30. The maximum atomic E-state index is 5.90. The van der Waals surface area contributed by atoms with Crippen LogP contribution >= 0.6 is 23.2 Å². The van der Waals surface area contributed by atoms with Gasteiger partial charge in [0.2, 0.25) is 5.88 Å². The van der Waals surface area contributed by atoms with Gasteiger partial charge >= 0.3 is 0 Å². The van der Waals surface area contributed by atoms with Crippen molar-refractivity contribution < 1.29 is 4.74 Å². The minimum absolute atomic E-state index is 0.337. The van der Waals surface area contributed by atoms with E-state index in [1.165, 1.54) is 6.20 Å². The predicted molar refractivity (Wildman–Crippen MR) is 67.9 cm³/mol. The molecular formula is C12H10Cl2N2O. The largest absolute Gasteiger partial charge is 0.437 e. The molecule has 0 saturated carbocycles. The van der Waals surface area contributed by atoms with Crippen molar-refractivity contribution in [3.63, 3.8) is 0 Å². The van der Waals surface area contributed by atoms with Gasteiger partial charge in [-0.1, -0.05) is 17.7 Å². The van der Waals surface area contributed by atoms with Crippen LogP contribution in [0.5, 0.6) is 11.6 Å². The van der Waals surface area contributed by atoms with E-state index in [0.29, 0.717) is 28.2 Å². The van der Waals surface area contributed by atoms with Crippen molar-refractivity contribution in [2.75, 3.05) is 0 Å². The van der Waals surface area contributed by atoms with E-state index >= 15 is 0 Å². The summed E-state index contributed by atoms with van der Waals surface area (Å²) in [6.07, 6.45) is 3.13. The number of nitrogens with zero attached hydrogens (tertiary/aromatic N) is 2. The number of hydrogen-bond donors (Lipinski definition) is 0. The van der Waals surface area contributed by atoms with Crippen LogP contribution in [-0.4, -0.2) is 9.97 Å². The molecule has 0 N–H and O–H groups in total. The van der Waals surface area contributed by atoms with Crippen LogP contribution in [-0.2, 0) is 5.88 Å². The predicted octanol–water partition coefficient (Wildman–Crippen LogP) is 3.97. The summed E-state index contributed by atoms with van der Waals surface area (Å²) in [6.45, 7) is 1.94. The average molecular weight is 269 g/mol. The van der Waals surface area contributed by atoms with E-state index in [0.717, 1.165) is 5.56 Å². The minimum Gasteiger partial charge on any atom is -0.437 e. The molecule has 0 fully saturated rings. The maximum absolute atomic E-state index is 5.90. The molecule has 0 aliphatic rings. The normalized spacial score (nSPS) is 10.3. The van der Waals surface area contributed by atoms with Gasteiger partial charge in [0.15, 0.2) is 0 Å². The van der Waals surface area contributed by atoms with Crippen molar-refractivity contribution in [1.29, 1.82) is 0 Å². The Morgan fingerprint density at radius 3 is 2.71 bits per heavy atom. The van der Waals surface area contributed by atoms with Gasteiger partial charge in [0.05, 0.1) is 24.0 Å². The molecule has 0 bridgehead atoms. The van der Waals surface area contributed by atoms with Gasteiger partial charge in [-0.25, -0.2) is 4.98 Å². The Hall–Kier alpha value is -1.32. The number of alkyl halides is 1. The summed E-state index contributed by atoms with van der Waals surface area (Å²) in [5.41, 5.74) is 1.69. The molecule has 0 aliphatic heterocycles. The maximum Gasteiger partial charge on any atom is 0.237 e.